The molecule has 3 unspecified atom stereocenters. The van der Waals surface area contributed by atoms with Crippen molar-refractivity contribution in [1.82, 2.24) is 9.88 Å². The van der Waals surface area contributed by atoms with E-state index in [-0.39, 0.29) is 35.8 Å². The third-order valence-electron chi connectivity index (χ3n) is 9.79. The van der Waals surface area contributed by atoms with Gasteiger partial charge in [0, 0.05) is 31.7 Å². The Labute approximate surface area is 267 Å². The van der Waals surface area contributed by atoms with E-state index in [2.05, 4.69) is 23.8 Å². The van der Waals surface area contributed by atoms with Gasteiger partial charge in [-0.3, -0.25) is 4.79 Å². The minimum absolute atomic E-state index is 0.0187. The number of ether oxygens (including phenoxy) is 1. The fourth-order valence-corrected chi connectivity index (χ4v) is 6.89. The first kappa shape index (κ1) is 35.4. The highest BCUT2D eigenvalue weighted by molar-refractivity contribution is 5.98. The fourth-order valence-electron chi connectivity index (χ4n) is 6.89. The number of Topliss-reactive ketones (excluding diaryl/α,β-unsaturated/α-hetero) is 1. The van der Waals surface area contributed by atoms with Gasteiger partial charge < -0.3 is 9.64 Å². The quantitative estimate of drug-likeness (QED) is 0.0584. The molecule has 9 heteroatoms. The van der Waals surface area contributed by atoms with E-state index in [1.165, 1.54) is 48.9 Å². The second-order valence-corrected chi connectivity index (χ2v) is 13.3. The van der Waals surface area contributed by atoms with E-state index in [0.717, 1.165) is 69.6 Å². The van der Waals surface area contributed by atoms with Gasteiger partial charge >= 0.3 is 0 Å². The average Bonchev–Trinajstić information content (AvgIpc) is 3.85. The minimum atomic E-state index is -3.57. The van der Waals surface area contributed by atoms with Crippen LogP contribution in [0.4, 0.5) is 17.6 Å². The summed E-state index contributed by atoms with van der Waals surface area (Å²) in [6, 6.07) is 1.43. The van der Waals surface area contributed by atoms with Gasteiger partial charge in [-0.15, -0.1) is 0 Å². The summed E-state index contributed by atoms with van der Waals surface area (Å²) in [6.45, 7) is 5.15. The number of alkyl halides is 3. The third kappa shape index (κ3) is 10.3. The molecule has 3 aliphatic rings. The van der Waals surface area contributed by atoms with Crippen LogP contribution in [-0.2, 0) is 17.1 Å². The zero-order valence-electron chi connectivity index (χ0n) is 27.4. The van der Waals surface area contributed by atoms with Crippen LogP contribution in [0.5, 0.6) is 5.88 Å². The molecule has 0 aromatic carbocycles. The molecular weight excluding hydrogens is 582 g/mol. The largest absolute Gasteiger partial charge is 0.478 e. The number of hydrogen-bond donors (Lipinski definition) is 0. The Balaban J connectivity index is 1.21. The number of rotatable bonds is 21. The number of fused-ring (bicyclic) bond motifs is 1. The second kappa shape index (κ2) is 17.5. The van der Waals surface area contributed by atoms with Gasteiger partial charge in [-0.25, -0.2) is 13.8 Å². The van der Waals surface area contributed by atoms with Gasteiger partial charge in [0.05, 0.1) is 23.8 Å². The Morgan fingerprint density at radius 1 is 1.02 bits per heavy atom. The van der Waals surface area contributed by atoms with E-state index < -0.39 is 29.8 Å². The molecule has 0 radical (unpaired) electrons. The van der Waals surface area contributed by atoms with Crippen molar-refractivity contribution in [2.24, 2.45) is 22.7 Å². The van der Waals surface area contributed by atoms with Crippen LogP contribution >= 0.6 is 0 Å². The Bertz CT molecular complexity index is 1150. The van der Waals surface area contributed by atoms with Crippen molar-refractivity contribution in [3.63, 3.8) is 0 Å². The zero-order chi connectivity index (χ0) is 32.2. The number of nitrogens with zero attached hydrogens (tertiary/aromatic N) is 3. The van der Waals surface area contributed by atoms with Crippen molar-refractivity contribution >= 4 is 11.5 Å². The molecule has 4 rings (SSSR count). The maximum Gasteiger partial charge on any atom is 0.286 e. The Kier molecular flexibility index (Phi) is 13.7. The van der Waals surface area contributed by atoms with Gasteiger partial charge in [0.25, 0.3) is 12.3 Å². The standard InChI is InChI=1S/C36H53F4N3O2/c1-3-5-6-10-15-29(44)16-11-7-12-22-43-23-21-31(41-35(43)38)30-20-19-28-25-32(42-34(37)33(28)36(30,39)40)45-24-13-8-9-14-26(4-2)27-17-18-27/h21,23,25-27,30,35H,3-20,22,24H2,1-2H3. The molecule has 252 valence electrons. The van der Waals surface area contributed by atoms with Crippen LogP contribution in [0.25, 0.3) is 0 Å². The van der Waals surface area contributed by atoms with Crippen LogP contribution in [0.3, 0.4) is 0 Å². The topological polar surface area (TPSA) is 54.8 Å². The molecule has 0 saturated heterocycles. The molecule has 2 aliphatic carbocycles. The molecule has 1 aliphatic heterocycles. The van der Waals surface area contributed by atoms with E-state index >= 15 is 13.2 Å². The van der Waals surface area contributed by atoms with Crippen LogP contribution in [0, 0.1) is 23.7 Å². The summed E-state index contributed by atoms with van der Waals surface area (Å²) < 4.78 is 67.0. The molecule has 5 nitrogen and oxygen atoms in total. The van der Waals surface area contributed by atoms with Crippen LogP contribution < -0.4 is 4.74 Å². The molecule has 0 spiro atoms. The summed E-state index contributed by atoms with van der Waals surface area (Å²) in [5, 5.41) is 0. The molecular formula is C36H53F4N3O2. The predicted molar refractivity (Wildman–Crippen MR) is 171 cm³/mol. The molecule has 45 heavy (non-hydrogen) atoms. The number of pyridine rings is 1. The van der Waals surface area contributed by atoms with Crippen molar-refractivity contribution in [1.29, 1.82) is 0 Å². The van der Waals surface area contributed by atoms with Gasteiger partial charge in [0.15, 0.2) is 0 Å². The minimum Gasteiger partial charge on any atom is -0.478 e. The maximum absolute atomic E-state index is 15.7. The molecule has 1 aromatic rings. The lowest BCUT2D eigenvalue weighted by Crippen LogP contribution is -2.40. The molecule has 0 N–H and O–H groups in total. The molecule has 1 saturated carbocycles. The highest BCUT2D eigenvalue weighted by Gasteiger charge is 2.50. The normalized spacial score (nSPS) is 21.4. The molecule has 3 atom stereocenters. The lowest BCUT2D eigenvalue weighted by molar-refractivity contribution is -0.119. The van der Waals surface area contributed by atoms with E-state index in [1.807, 2.05) is 0 Å². The number of aliphatic imine (C=N–C) groups is 1. The fraction of sp³-hybridized carbons (Fsp3) is 0.750. The van der Waals surface area contributed by atoms with Gasteiger partial charge in [0.2, 0.25) is 11.8 Å². The molecule has 0 amide bonds. The van der Waals surface area contributed by atoms with Gasteiger partial charge in [-0.05, 0) is 74.8 Å². The molecule has 1 fully saturated rings. The lowest BCUT2D eigenvalue weighted by Gasteiger charge is -2.35. The van der Waals surface area contributed by atoms with Crippen LogP contribution in [-0.4, -0.2) is 41.0 Å². The van der Waals surface area contributed by atoms with Crippen LogP contribution in [0.2, 0.25) is 0 Å². The number of carbonyl (C=O) groups is 1. The number of hydrogen-bond acceptors (Lipinski definition) is 5. The van der Waals surface area contributed by atoms with Gasteiger partial charge in [-0.1, -0.05) is 65.2 Å². The lowest BCUT2D eigenvalue weighted by atomic mass is 9.78. The monoisotopic (exact) mass is 635 g/mol. The van der Waals surface area contributed by atoms with Gasteiger partial charge in [-0.2, -0.15) is 13.8 Å². The zero-order valence-corrected chi connectivity index (χ0v) is 27.4. The Hall–Kier alpha value is -2.45. The summed E-state index contributed by atoms with van der Waals surface area (Å²) in [5.41, 5.74) is -0.604. The number of carbonyl (C=O) groups excluding carboxylic acids is 1. The molecule has 0 bridgehead atoms. The predicted octanol–water partition coefficient (Wildman–Crippen LogP) is 9.87. The first-order valence-electron chi connectivity index (χ1n) is 17.6. The summed E-state index contributed by atoms with van der Waals surface area (Å²) >= 11 is 0. The smallest absolute Gasteiger partial charge is 0.286 e. The van der Waals surface area contributed by atoms with Crippen molar-refractivity contribution < 1.29 is 27.1 Å². The summed E-state index contributed by atoms with van der Waals surface area (Å²) in [5.74, 6) is -4.19. The summed E-state index contributed by atoms with van der Waals surface area (Å²) in [7, 11) is 0. The van der Waals surface area contributed by atoms with E-state index in [4.69, 9.17) is 4.74 Å². The molecule has 2 heterocycles. The Morgan fingerprint density at radius 3 is 2.44 bits per heavy atom. The maximum atomic E-state index is 15.7. The summed E-state index contributed by atoms with van der Waals surface area (Å²) in [4.78, 5) is 21.1. The SMILES string of the molecule is CCCCCCC(=O)CCCCCN1C=CC(C2CCc3cc(OCCCCCC(CC)C4CC4)nc(F)c3C2(F)F)=NC1F. The number of aryl methyl sites for hydroxylation is 1. The van der Waals surface area contributed by atoms with E-state index in [0.29, 0.717) is 32.4 Å². The van der Waals surface area contributed by atoms with E-state index in [1.54, 1.807) is 0 Å². The van der Waals surface area contributed by atoms with Crippen molar-refractivity contribution in [2.75, 3.05) is 13.2 Å². The van der Waals surface area contributed by atoms with E-state index in [9.17, 15) is 9.18 Å². The first-order chi connectivity index (χ1) is 21.7. The third-order valence-corrected chi connectivity index (χ3v) is 9.79. The highest BCUT2D eigenvalue weighted by atomic mass is 19.3. The number of ketones is 1. The van der Waals surface area contributed by atoms with Crippen molar-refractivity contribution in [2.45, 2.75) is 142 Å². The van der Waals surface area contributed by atoms with Crippen molar-refractivity contribution in [3.05, 3.63) is 35.4 Å². The second-order valence-electron chi connectivity index (χ2n) is 13.3. The van der Waals surface area contributed by atoms with Crippen molar-refractivity contribution in [3.8, 4) is 5.88 Å². The Morgan fingerprint density at radius 2 is 1.76 bits per heavy atom. The van der Waals surface area contributed by atoms with Gasteiger partial charge in [0.1, 0.15) is 5.78 Å². The summed E-state index contributed by atoms with van der Waals surface area (Å²) in [6.07, 6.45) is 17.2. The highest BCUT2D eigenvalue weighted by Crippen LogP contribution is 2.47. The van der Waals surface area contributed by atoms with Crippen LogP contribution in [0.15, 0.2) is 23.3 Å². The number of halogens is 4. The number of aromatic nitrogens is 1. The molecule has 1 aromatic heterocycles. The number of allylic oxidation sites excluding steroid dienone is 1. The number of unbranched alkanes of at least 4 members (excludes halogenated alkanes) is 7. The first-order valence-corrected chi connectivity index (χ1v) is 17.6. The average molecular weight is 636 g/mol. The van der Waals surface area contributed by atoms with Crippen LogP contribution in [0.1, 0.15) is 134 Å².